The third-order valence-electron chi connectivity index (χ3n) is 4.45. The van der Waals surface area contributed by atoms with Crippen LogP contribution in [0.4, 0.5) is 11.5 Å². The number of likely N-dealkylation sites (N-methyl/N-ethyl adjacent to an activating group) is 1. The number of hydrogen-bond acceptors (Lipinski definition) is 5. The minimum Gasteiger partial charge on any atom is -0.358 e. The van der Waals surface area contributed by atoms with Crippen molar-refractivity contribution in [1.82, 2.24) is 14.5 Å². The predicted octanol–water partition coefficient (Wildman–Crippen LogP) is 1.97. The summed E-state index contributed by atoms with van der Waals surface area (Å²) in [6, 6.07) is 7.93. The van der Waals surface area contributed by atoms with E-state index in [0.29, 0.717) is 18.9 Å². The quantitative estimate of drug-likeness (QED) is 0.626. The maximum absolute atomic E-state index is 12.8. The number of anilines is 1. The largest absolute Gasteiger partial charge is 0.381 e. The van der Waals surface area contributed by atoms with E-state index in [4.69, 9.17) is 0 Å². The molecule has 0 atom stereocenters. The predicted molar refractivity (Wildman–Crippen MR) is 93.4 cm³/mol. The molecule has 2 heterocycles. The second-order valence-corrected chi connectivity index (χ2v) is 6.26. The zero-order valence-corrected chi connectivity index (χ0v) is 14.4. The Hall–Kier alpha value is -2.74. The fourth-order valence-electron chi connectivity index (χ4n) is 3.08. The molecular formula is C17H21N5O3. The molecule has 0 saturated heterocycles. The maximum atomic E-state index is 12.8. The number of carbonyl (C=O) groups is 1. The lowest BCUT2D eigenvalue weighted by molar-refractivity contribution is -0.389. The van der Waals surface area contributed by atoms with Crippen LogP contribution in [0.5, 0.6) is 0 Å². The monoisotopic (exact) mass is 343 g/mol. The van der Waals surface area contributed by atoms with Crippen LogP contribution in [0.25, 0.3) is 0 Å². The van der Waals surface area contributed by atoms with E-state index in [1.807, 2.05) is 36.2 Å². The first kappa shape index (κ1) is 17.1. The fourth-order valence-corrected chi connectivity index (χ4v) is 3.08. The van der Waals surface area contributed by atoms with E-state index in [0.717, 1.165) is 24.3 Å². The van der Waals surface area contributed by atoms with Gasteiger partial charge in [-0.3, -0.25) is 4.79 Å². The number of aryl methyl sites for hydroxylation is 2. The van der Waals surface area contributed by atoms with Crippen molar-refractivity contribution < 1.29 is 9.72 Å². The Kier molecular flexibility index (Phi) is 4.80. The minimum absolute atomic E-state index is 0.0125. The first-order valence-electron chi connectivity index (χ1n) is 8.20. The van der Waals surface area contributed by atoms with Gasteiger partial charge in [0.05, 0.1) is 0 Å². The van der Waals surface area contributed by atoms with Crippen LogP contribution in [0.2, 0.25) is 0 Å². The van der Waals surface area contributed by atoms with Crippen molar-refractivity contribution >= 4 is 17.4 Å². The Bertz CT molecular complexity index is 801. The van der Waals surface area contributed by atoms with Crippen LogP contribution in [0.3, 0.4) is 0 Å². The number of amides is 1. The van der Waals surface area contributed by atoms with Gasteiger partial charge in [-0.15, -0.1) is 0 Å². The molecule has 1 aliphatic heterocycles. The molecule has 2 aromatic rings. The summed E-state index contributed by atoms with van der Waals surface area (Å²) in [7, 11) is 2.04. The summed E-state index contributed by atoms with van der Waals surface area (Å²) in [5.41, 5.74) is 2.08. The number of para-hydroxylation sites is 1. The summed E-state index contributed by atoms with van der Waals surface area (Å²) in [4.78, 5) is 31.0. The average Bonchev–Trinajstić information content (AvgIpc) is 2.86. The SMILES string of the molecule is Cc1nc([N+](=O)[O-])cn1CCC(=O)N1CCN(C)Cc2ccccc21. The van der Waals surface area contributed by atoms with Gasteiger partial charge in [-0.2, -0.15) is 0 Å². The molecule has 0 spiro atoms. The number of imidazole rings is 1. The smallest absolute Gasteiger partial charge is 0.358 e. The standard InChI is InChI=1S/C17H21N5O3/c1-13-18-16(22(24)25)12-20(13)8-7-17(23)21-10-9-19(2)11-14-5-3-4-6-15(14)21/h3-6,12H,7-11H2,1-2H3. The Morgan fingerprint density at radius 1 is 1.32 bits per heavy atom. The van der Waals surface area contributed by atoms with Crippen LogP contribution in [-0.4, -0.2) is 45.4 Å². The van der Waals surface area contributed by atoms with Crippen molar-refractivity contribution in [3.05, 3.63) is 52.0 Å². The van der Waals surface area contributed by atoms with Gasteiger partial charge in [0.15, 0.2) is 0 Å². The molecule has 1 aliphatic rings. The van der Waals surface area contributed by atoms with Gasteiger partial charge in [-0.1, -0.05) is 18.2 Å². The molecule has 25 heavy (non-hydrogen) atoms. The molecule has 0 bridgehead atoms. The van der Waals surface area contributed by atoms with Crippen LogP contribution < -0.4 is 4.90 Å². The first-order chi connectivity index (χ1) is 12.0. The number of rotatable bonds is 4. The first-order valence-corrected chi connectivity index (χ1v) is 8.20. The molecule has 0 N–H and O–H groups in total. The number of aromatic nitrogens is 2. The molecule has 1 aromatic heterocycles. The van der Waals surface area contributed by atoms with Crippen LogP contribution in [-0.2, 0) is 17.9 Å². The molecular weight excluding hydrogens is 322 g/mol. The summed E-state index contributed by atoms with van der Waals surface area (Å²) in [5, 5.41) is 10.8. The van der Waals surface area contributed by atoms with Crippen LogP contribution >= 0.6 is 0 Å². The van der Waals surface area contributed by atoms with E-state index in [1.54, 1.807) is 11.5 Å². The maximum Gasteiger partial charge on any atom is 0.381 e. The van der Waals surface area contributed by atoms with Gasteiger partial charge >= 0.3 is 5.82 Å². The highest BCUT2D eigenvalue weighted by molar-refractivity contribution is 5.94. The third-order valence-corrected chi connectivity index (χ3v) is 4.45. The Morgan fingerprint density at radius 2 is 2.08 bits per heavy atom. The normalized spacial score (nSPS) is 14.9. The molecule has 132 valence electrons. The topological polar surface area (TPSA) is 84.5 Å². The fraction of sp³-hybridized carbons (Fsp3) is 0.412. The van der Waals surface area contributed by atoms with Crippen LogP contribution in [0.1, 0.15) is 17.8 Å². The summed E-state index contributed by atoms with van der Waals surface area (Å²) >= 11 is 0. The van der Waals surface area contributed by atoms with Gasteiger partial charge in [0.25, 0.3) is 0 Å². The molecule has 0 saturated carbocycles. The zero-order chi connectivity index (χ0) is 18.0. The van der Waals surface area contributed by atoms with Gasteiger partial charge in [-0.05, 0) is 28.6 Å². The Labute approximate surface area is 145 Å². The molecule has 8 heteroatoms. The highest BCUT2D eigenvalue weighted by Gasteiger charge is 2.23. The highest BCUT2D eigenvalue weighted by Crippen LogP contribution is 2.25. The summed E-state index contributed by atoms with van der Waals surface area (Å²) in [6.45, 7) is 4.33. The third kappa shape index (κ3) is 3.69. The number of nitro groups is 1. The van der Waals surface area contributed by atoms with Gasteiger partial charge in [0.2, 0.25) is 11.7 Å². The van der Waals surface area contributed by atoms with Crippen molar-refractivity contribution in [3.63, 3.8) is 0 Å². The molecule has 3 rings (SSSR count). The highest BCUT2D eigenvalue weighted by atomic mass is 16.6. The Balaban J connectivity index is 1.74. The number of carbonyl (C=O) groups excluding carboxylic acids is 1. The van der Waals surface area contributed by atoms with E-state index in [2.05, 4.69) is 9.88 Å². The molecule has 1 amide bonds. The lowest BCUT2D eigenvalue weighted by atomic mass is 10.1. The van der Waals surface area contributed by atoms with E-state index in [-0.39, 0.29) is 18.1 Å². The van der Waals surface area contributed by atoms with Crippen molar-refractivity contribution in [2.24, 2.45) is 0 Å². The molecule has 0 unspecified atom stereocenters. The number of hydrogen-bond donors (Lipinski definition) is 0. The van der Waals surface area contributed by atoms with Crippen molar-refractivity contribution in [1.29, 1.82) is 0 Å². The number of nitrogens with zero attached hydrogens (tertiary/aromatic N) is 5. The summed E-state index contributed by atoms with van der Waals surface area (Å²) in [6.07, 6.45) is 1.65. The van der Waals surface area contributed by atoms with E-state index < -0.39 is 4.92 Å². The van der Waals surface area contributed by atoms with Crippen LogP contribution in [0.15, 0.2) is 30.5 Å². The average molecular weight is 343 g/mol. The lowest BCUT2D eigenvalue weighted by Crippen LogP contribution is -2.35. The van der Waals surface area contributed by atoms with Crippen LogP contribution in [0, 0.1) is 17.0 Å². The Morgan fingerprint density at radius 3 is 2.80 bits per heavy atom. The van der Waals surface area contributed by atoms with Gasteiger partial charge in [0.1, 0.15) is 6.20 Å². The summed E-state index contributed by atoms with van der Waals surface area (Å²) in [5.74, 6) is 0.362. The lowest BCUT2D eigenvalue weighted by Gasteiger charge is -2.22. The zero-order valence-electron chi connectivity index (χ0n) is 14.4. The van der Waals surface area contributed by atoms with Crippen molar-refractivity contribution in [2.45, 2.75) is 26.4 Å². The molecule has 0 fully saturated rings. The van der Waals surface area contributed by atoms with Gasteiger partial charge in [0, 0.05) is 45.2 Å². The molecule has 1 aromatic carbocycles. The number of fused-ring (bicyclic) bond motifs is 1. The van der Waals surface area contributed by atoms with Gasteiger partial charge < -0.3 is 24.5 Å². The number of benzene rings is 1. The van der Waals surface area contributed by atoms with Crippen molar-refractivity contribution in [3.8, 4) is 0 Å². The molecule has 0 radical (unpaired) electrons. The van der Waals surface area contributed by atoms with E-state index in [9.17, 15) is 14.9 Å². The minimum atomic E-state index is -0.522. The second-order valence-electron chi connectivity index (χ2n) is 6.26. The van der Waals surface area contributed by atoms with E-state index in [1.165, 1.54) is 6.20 Å². The second kappa shape index (κ2) is 7.02. The van der Waals surface area contributed by atoms with Gasteiger partial charge in [-0.25, -0.2) is 0 Å². The molecule has 8 nitrogen and oxygen atoms in total. The van der Waals surface area contributed by atoms with E-state index >= 15 is 0 Å². The molecule has 0 aliphatic carbocycles. The summed E-state index contributed by atoms with van der Waals surface area (Å²) < 4.78 is 1.66. The van der Waals surface area contributed by atoms with Crippen molar-refractivity contribution in [2.75, 3.05) is 25.0 Å².